The van der Waals surface area contributed by atoms with Crippen molar-refractivity contribution >= 4 is 17.6 Å². The standard InChI is InChI=1S/C18H29N5O3/c1-22-10-6-15(21-22)20-18(17(25)19-9-13-26-2)7-11-23(12-8-18)16(24)14-4-3-5-14/h6,10,14H,3-5,7-9,11-13H2,1-2H3,(H,19,25)(H,20,21). The molecule has 2 amide bonds. The molecule has 0 unspecified atom stereocenters. The maximum Gasteiger partial charge on any atom is 0.245 e. The summed E-state index contributed by atoms with van der Waals surface area (Å²) in [6.07, 6.45) is 6.14. The zero-order valence-electron chi connectivity index (χ0n) is 15.7. The fourth-order valence-corrected chi connectivity index (χ4v) is 3.59. The number of aromatic nitrogens is 2. The molecule has 1 aromatic heterocycles. The van der Waals surface area contributed by atoms with E-state index in [1.165, 1.54) is 0 Å². The summed E-state index contributed by atoms with van der Waals surface area (Å²) in [4.78, 5) is 27.3. The normalized spacial score (nSPS) is 19.7. The van der Waals surface area contributed by atoms with Crippen molar-refractivity contribution in [3.8, 4) is 0 Å². The Kier molecular flexibility index (Phi) is 5.80. The molecule has 1 aliphatic carbocycles. The van der Waals surface area contributed by atoms with Gasteiger partial charge in [-0.2, -0.15) is 5.10 Å². The number of piperidine rings is 1. The van der Waals surface area contributed by atoms with Gasteiger partial charge in [0.2, 0.25) is 11.8 Å². The average Bonchev–Trinajstić information content (AvgIpc) is 2.98. The number of methoxy groups -OCH3 is 1. The van der Waals surface area contributed by atoms with Gasteiger partial charge in [-0.25, -0.2) is 0 Å². The Morgan fingerprint density at radius 2 is 2.08 bits per heavy atom. The van der Waals surface area contributed by atoms with Crippen molar-refractivity contribution in [1.82, 2.24) is 20.0 Å². The number of nitrogens with one attached hydrogen (secondary N) is 2. The Balaban J connectivity index is 1.67. The smallest absolute Gasteiger partial charge is 0.245 e. The molecule has 3 rings (SSSR count). The number of anilines is 1. The number of carbonyl (C=O) groups excluding carboxylic acids is 2. The van der Waals surface area contributed by atoms with Gasteiger partial charge in [-0.3, -0.25) is 14.3 Å². The Morgan fingerprint density at radius 1 is 1.35 bits per heavy atom. The molecular formula is C18H29N5O3. The van der Waals surface area contributed by atoms with Gasteiger partial charge in [0.05, 0.1) is 6.61 Å². The minimum atomic E-state index is -0.751. The summed E-state index contributed by atoms with van der Waals surface area (Å²) in [5.74, 6) is 1.06. The monoisotopic (exact) mass is 363 g/mol. The summed E-state index contributed by atoms with van der Waals surface area (Å²) in [6, 6.07) is 1.86. The second-order valence-electron chi connectivity index (χ2n) is 7.28. The van der Waals surface area contributed by atoms with Crippen LogP contribution >= 0.6 is 0 Å². The molecule has 1 aromatic rings. The van der Waals surface area contributed by atoms with Crippen LogP contribution in [0, 0.1) is 5.92 Å². The molecule has 8 nitrogen and oxygen atoms in total. The zero-order valence-corrected chi connectivity index (χ0v) is 15.7. The maximum absolute atomic E-state index is 12.9. The molecule has 2 fully saturated rings. The van der Waals surface area contributed by atoms with E-state index < -0.39 is 5.54 Å². The lowest BCUT2D eigenvalue weighted by molar-refractivity contribution is -0.141. The van der Waals surface area contributed by atoms with E-state index in [0.717, 1.165) is 19.3 Å². The van der Waals surface area contributed by atoms with Crippen LogP contribution in [0.4, 0.5) is 5.82 Å². The summed E-state index contributed by atoms with van der Waals surface area (Å²) >= 11 is 0. The van der Waals surface area contributed by atoms with Gasteiger partial charge in [0.1, 0.15) is 11.4 Å². The van der Waals surface area contributed by atoms with E-state index in [1.807, 2.05) is 24.2 Å². The van der Waals surface area contributed by atoms with Gasteiger partial charge in [0, 0.05) is 52.0 Å². The number of rotatable bonds is 7. The SMILES string of the molecule is COCCNC(=O)C1(Nc2ccn(C)n2)CCN(C(=O)C2CCC2)CC1. The average molecular weight is 363 g/mol. The summed E-state index contributed by atoms with van der Waals surface area (Å²) in [5.41, 5.74) is -0.751. The third-order valence-corrected chi connectivity index (χ3v) is 5.49. The van der Waals surface area contributed by atoms with Gasteiger partial charge in [-0.15, -0.1) is 0 Å². The first-order chi connectivity index (χ1) is 12.5. The first-order valence-corrected chi connectivity index (χ1v) is 9.38. The highest BCUT2D eigenvalue weighted by Crippen LogP contribution is 2.32. The molecular weight excluding hydrogens is 334 g/mol. The number of nitrogens with zero attached hydrogens (tertiary/aromatic N) is 3. The van der Waals surface area contributed by atoms with Crippen molar-refractivity contribution in [2.24, 2.45) is 13.0 Å². The molecule has 8 heteroatoms. The topological polar surface area (TPSA) is 88.5 Å². The number of likely N-dealkylation sites (tertiary alicyclic amines) is 1. The van der Waals surface area contributed by atoms with E-state index >= 15 is 0 Å². The number of hydrogen-bond acceptors (Lipinski definition) is 5. The van der Waals surface area contributed by atoms with Crippen molar-refractivity contribution in [3.63, 3.8) is 0 Å². The fourth-order valence-electron chi connectivity index (χ4n) is 3.59. The molecule has 2 aliphatic rings. The number of ether oxygens (including phenoxy) is 1. The van der Waals surface area contributed by atoms with Crippen molar-refractivity contribution in [1.29, 1.82) is 0 Å². The van der Waals surface area contributed by atoms with E-state index in [2.05, 4.69) is 15.7 Å². The predicted molar refractivity (Wildman–Crippen MR) is 97.6 cm³/mol. The third-order valence-electron chi connectivity index (χ3n) is 5.49. The minimum Gasteiger partial charge on any atom is -0.383 e. The van der Waals surface area contributed by atoms with Crippen LogP contribution in [0.25, 0.3) is 0 Å². The highest BCUT2D eigenvalue weighted by atomic mass is 16.5. The van der Waals surface area contributed by atoms with Crippen molar-refractivity contribution in [2.75, 3.05) is 38.7 Å². The molecule has 2 N–H and O–H groups in total. The lowest BCUT2D eigenvalue weighted by Gasteiger charge is -2.42. The highest BCUT2D eigenvalue weighted by molar-refractivity contribution is 5.90. The van der Waals surface area contributed by atoms with Crippen molar-refractivity contribution < 1.29 is 14.3 Å². The van der Waals surface area contributed by atoms with E-state index in [1.54, 1.807) is 11.8 Å². The molecule has 0 aromatic carbocycles. The van der Waals surface area contributed by atoms with Crippen LogP contribution in [0.5, 0.6) is 0 Å². The number of carbonyl (C=O) groups is 2. The maximum atomic E-state index is 12.9. The second kappa shape index (κ2) is 8.07. The van der Waals surface area contributed by atoms with Gasteiger partial charge in [0.15, 0.2) is 0 Å². The first-order valence-electron chi connectivity index (χ1n) is 9.38. The summed E-state index contributed by atoms with van der Waals surface area (Å²) in [7, 11) is 3.45. The molecule has 0 spiro atoms. The van der Waals surface area contributed by atoms with Crippen molar-refractivity contribution in [2.45, 2.75) is 37.6 Å². The molecule has 1 aliphatic heterocycles. The summed E-state index contributed by atoms with van der Waals surface area (Å²) in [6.45, 7) is 2.11. The Bertz CT molecular complexity index is 633. The highest BCUT2D eigenvalue weighted by Gasteiger charge is 2.43. The van der Waals surface area contributed by atoms with Crippen LogP contribution in [0.2, 0.25) is 0 Å². The Labute approximate surface area is 154 Å². The molecule has 0 radical (unpaired) electrons. The van der Waals surface area contributed by atoms with E-state index in [9.17, 15) is 9.59 Å². The number of amides is 2. The van der Waals surface area contributed by atoms with Crippen LogP contribution in [-0.2, 0) is 21.4 Å². The second-order valence-corrected chi connectivity index (χ2v) is 7.28. The summed E-state index contributed by atoms with van der Waals surface area (Å²) < 4.78 is 6.73. The lowest BCUT2D eigenvalue weighted by atomic mass is 9.82. The fraction of sp³-hybridized carbons (Fsp3) is 0.722. The van der Waals surface area contributed by atoms with Gasteiger partial charge in [-0.1, -0.05) is 6.42 Å². The van der Waals surface area contributed by atoms with Crippen LogP contribution in [0.1, 0.15) is 32.1 Å². The van der Waals surface area contributed by atoms with Crippen LogP contribution in [0.15, 0.2) is 12.3 Å². The van der Waals surface area contributed by atoms with Crippen LogP contribution in [-0.4, -0.2) is 65.4 Å². The van der Waals surface area contributed by atoms with E-state index in [-0.39, 0.29) is 17.7 Å². The molecule has 26 heavy (non-hydrogen) atoms. The third kappa shape index (κ3) is 4.00. The van der Waals surface area contributed by atoms with Gasteiger partial charge >= 0.3 is 0 Å². The molecule has 0 atom stereocenters. The van der Waals surface area contributed by atoms with E-state index in [4.69, 9.17) is 4.74 Å². The molecule has 2 heterocycles. The lowest BCUT2D eigenvalue weighted by Crippen LogP contribution is -2.60. The molecule has 1 saturated carbocycles. The van der Waals surface area contributed by atoms with E-state index in [0.29, 0.717) is 44.9 Å². The Hall–Kier alpha value is -2.09. The first kappa shape index (κ1) is 18.7. The van der Waals surface area contributed by atoms with Gasteiger partial charge in [0.25, 0.3) is 0 Å². The predicted octanol–water partition coefficient (Wildman–Crippen LogP) is 0.756. The Morgan fingerprint density at radius 3 is 2.62 bits per heavy atom. The van der Waals surface area contributed by atoms with Crippen LogP contribution in [0.3, 0.4) is 0 Å². The molecule has 1 saturated heterocycles. The van der Waals surface area contributed by atoms with Crippen LogP contribution < -0.4 is 10.6 Å². The zero-order chi connectivity index (χ0) is 18.6. The minimum absolute atomic E-state index is 0.0593. The number of hydrogen-bond donors (Lipinski definition) is 2. The number of aryl methyl sites for hydroxylation is 1. The quantitative estimate of drug-likeness (QED) is 0.698. The molecule has 144 valence electrons. The summed E-state index contributed by atoms with van der Waals surface area (Å²) in [5, 5.41) is 10.6. The van der Waals surface area contributed by atoms with Crippen molar-refractivity contribution in [3.05, 3.63) is 12.3 Å². The largest absolute Gasteiger partial charge is 0.383 e. The van der Waals surface area contributed by atoms with Gasteiger partial charge < -0.3 is 20.3 Å². The van der Waals surface area contributed by atoms with Gasteiger partial charge in [-0.05, 0) is 25.7 Å². The molecule has 0 bridgehead atoms.